The van der Waals surface area contributed by atoms with Crippen molar-refractivity contribution in [2.75, 3.05) is 20.3 Å². The average molecular weight is 260 g/mol. The Balaban J connectivity index is 1.98. The maximum Gasteiger partial charge on any atom is 0.119 e. The van der Waals surface area contributed by atoms with Gasteiger partial charge in [0.1, 0.15) is 11.5 Å². The van der Waals surface area contributed by atoms with Crippen LogP contribution in [0.2, 0.25) is 0 Å². The van der Waals surface area contributed by atoms with E-state index < -0.39 is 0 Å². The summed E-state index contributed by atoms with van der Waals surface area (Å²) in [6, 6.07) is 11.7. The summed E-state index contributed by atoms with van der Waals surface area (Å²) in [5.41, 5.74) is 7.02. The quantitative estimate of drug-likeness (QED) is 0.866. The highest BCUT2D eigenvalue weighted by atomic mass is 16.5. The lowest BCUT2D eigenvalue weighted by Crippen LogP contribution is -2.21. The molecule has 0 aliphatic heterocycles. The van der Waals surface area contributed by atoms with Crippen LogP contribution in [-0.2, 0) is 7.05 Å². The van der Waals surface area contributed by atoms with Gasteiger partial charge in [-0.05, 0) is 36.4 Å². The first-order chi connectivity index (χ1) is 9.24. The van der Waals surface area contributed by atoms with Crippen LogP contribution in [0, 0.1) is 0 Å². The van der Waals surface area contributed by atoms with Crippen molar-refractivity contribution in [1.82, 2.24) is 4.57 Å². The van der Waals surface area contributed by atoms with E-state index in [0.717, 1.165) is 11.5 Å². The number of rotatable bonds is 6. The van der Waals surface area contributed by atoms with E-state index in [1.54, 1.807) is 7.11 Å². The summed E-state index contributed by atoms with van der Waals surface area (Å²) in [5.74, 6) is 1.85. The van der Waals surface area contributed by atoms with E-state index in [9.17, 15) is 0 Å². The SMILES string of the molecule is COc1ccc(OCC(CN)c2cccn2C)cc1. The lowest BCUT2D eigenvalue weighted by Gasteiger charge is -2.17. The summed E-state index contributed by atoms with van der Waals surface area (Å²) < 4.78 is 13.0. The van der Waals surface area contributed by atoms with Crippen LogP contribution in [0.4, 0.5) is 0 Å². The first-order valence-corrected chi connectivity index (χ1v) is 6.32. The molecule has 0 aliphatic rings. The molecule has 0 fully saturated rings. The van der Waals surface area contributed by atoms with Gasteiger partial charge < -0.3 is 19.8 Å². The zero-order valence-electron chi connectivity index (χ0n) is 11.4. The Morgan fingerprint density at radius 1 is 1.16 bits per heavy atom. The van der Waals surface area contributed by atoms with E-state index in [2.05, 4.69) is 10.6 Å². The summed E-state index contributed by atoms with van der Waals surface area (Å²) in [6.07, 6.45) is 2.02. The molecule has 1 aromatic carbocycles. The van der Waals surface area contributed by atoms with Gasteiger partial charge >= 0.3 is 0 Å². The Kier molecular flexibility index (Phi) is 4.47. The van der Waals surface area contributed by atoms with Gasteiger partial charge in [-0.3, -0.25) is 0 Å². The van der Waals surface area contributed by atoms with E-state index in [-0.39, 0.29) is 5.92 Å². The van der Waals surface area contributed by atoms with Crippen molar-refractivity contribution in [3.05, 3.63) is 48.3 Å². The molecule has 2 N–H and O–H groups in total. The number of hydrogen-bond acceptors (Lipinski definition) is 3. The summed E-state index contributed by atoms with van der Waals surface area (Å²) in [6.45, 7) is 1.13. The molecule has 0 saturated carbocycles. The third-order valence-electron chi connectivity index (χ3n) is 3.20. The predicted octanol–water partition coefficient (Wildman–Crippen LogP) is 2.16. The van der Waals surface area contributed by atoms with Crippen molar-refractivity contribution in [2.45, 2.75) is 5.92 Å². The monoisotopic (exact) mass is 260 g/mol. The van der Waals surface area contributed by atoms with Crippen molar-refractivity contribution in [3.8, 4) is 11.5 Å². The van der Waals surface area contributed by atoms with Crippen molar-refractivity contribution in [2.24, 2.45) is 12.8 Å². The standard InChI is InChI=1S/C15H20N2O2/c1-17-9-3-4-15(17)12(10-16)11-19-14-7-5-13(18-2)6-8-14/h3-9,12H,10-11,16H2,1-2H3. The second-order valence-corrected chi connectivity index (χ2v) is 4.46. The molecule has 1 aromatic heterocycles. The van der Waals surface area contributed by atoms with Crippen LogP contribution in [0.5, 0.6) is 11.5 Å². The minimum atomic E-state index is 0.196. The highest BCUT2D eigenvalue weighted by Gasteiger charge is 2.13. The van der Waals surface area contributed by atoms with Gasteiger partial charge in [0.25, 0.3) is 0 Å². The Hall–Kier alpha value is -1.94. The summed E-state index contributed by atoms with van der Waals surface area (Å²) in [4.78, 5) is 0. The number of aryl methyl sites for hydroxylation is 1. The van der Waals surface area contributed by atoms with Crippen LogP contribution < -0.4 is 15.2 Å². The number of benzene rings is 1. The number of aromatic nitrogens is 1. The van der Waals surface area contributed by atoms with Crippen molar-refractivity contribution in [1.29, 1.82) is 0 Å². The second-order valence-electron chi connectivity index (χ2n) is 4.46. The first kappa shape index (κ1) is 13.5. The number of ether oxygens (including phenoxy) is 2. The van der Waals surface area contributed by atoms with Crippen LogP contribution in [0.1, 0.15) is 11.6 Å². The largest absolute Gasteiger partial charge is 0.497 e. The topological polar surface area (TPSA) is 49.4 Å². The Labute approximate surface area is 113 Å². The van der Waals surface area contributed by atoms with E-state index in [4.69, 9.17) is 15.2 Å². The molecule has 0 aliphatic carbocycles. The van der Waals surface area contributed by atoms with Crippen molar-refractivity contribution < 1.29 is 9.47 Å². The fraction of sp³-hybridized carbons (Fsp3) is 0.333. The number of nitrogens with two attached hydrogens (primary N) is 1. The molecule has 2 rings (SSSR count). The zero-order chi connectivity index (χ0) is 13.7. The van der Waals surface area contributed by atoms with E-state index in [0.29, 0.717) is 13.2 Å². The van der Waals surface area contributed by atoms with Crippen LogP contribution >= 0.6 is 0 Å². The van der Waals surface area contributed by atoms with E-state index in [1.165, 1.54) is 5.69 Å². The van der Waals surface area contributed by atoms with Crippen LogP contribution in [0.3, 0.4) is 0 Å². The van der Waals surface area contributed by atoms with Gasteiger partial charge in [0.15, 0.2) is 0 Å². The number of methoxy groups -OCH3 is 1. The summed E-state index contributed by atoms with van der Waals surface area (Å²) in [5, 5.41) is 0. The molecule has 0 radical (unpaired) electrons. The molecule has 102 valence electrons. The minimum absolute atomic E-state index is 0.196. The summed E-state index contributed by atoms with van der Waals surface area (Å²) >= 11 is 0. The number of hydrogen-bond donors (Lipinski definition) is 1. The van der Waals surface area contributed by atoms with E-state index in [1.807, 2.05) is 43.6 Å². The molecular formula is C15H20N2O2. The number of nitrogens with zero attached hydrogens (tertiary/aromatic N) is 1. The molecule has 19 heavy (non-hydrogen) atoms. The van der Waals surface area contributed by atoms with Gasteiger partial charge in [-0.15, -0.1) is 0 Å². The molecule has 2 aromatic rings. The molecule has 1 atom stereocenters. The second kappa shape index (κ2) is 6.29. The lowest BCUT2D eigenvalue weighted by atomic mass is 10.1. The van der Waals surface area contributed by atoms with Gasteiger partial charge in [0.2, 0.25) is 0 Å². The van der Waals surface area contributed by atoms with Crippen LogP contribution in [-0.4, -0.2) is 24.8 Å². The predicted molar refractivity (Wildman–Crippen MR) is 75.7 cm³/mol. The third-order valence-corrected chi connectivity index (χ3v) is 3.20. The molecule has 0 amide bonds. The highest BCUT2D eigenvalue weighted by molar-refractivity contribution is 5.31. The maximum atomic E-state index is 5.83. The molecule has 0 bridgehead atoms. The molecular weight excluding hydrogens is 240 g/mol. The van der Waals surface area contributed by atoms with Gasteiger partial charge in [-0.2, -0.15) is 0 Å². The molecule has 0 spiro atoms. The molecule has 4 heteroatoms. The zero-order valence-corrected chi connectivity index (χ0v) is 11.4. The third kappa shape index (κ3) is 3.29. The van der Waals surface area contributed by atoms with Crippen molar-refractivity contribution >= 4 is 0 Å². The van der Waals surface area contributed by atoms with Gasteiger partial charge in [0.05, 0.1) is 13.7 Å². The Morgan fingerprint density at radius 3 is 2.37 bits per heavy atom. The lowest BCUT2D eigenvalue weighted by molar-refractivity contribution is 0.285. The Bertz CT molecular complexity index is 505. The van der Waals surface area contributed by atoms with Crippen LogP contribution in [0.25, 0.3) is 0 Å². The van der Waals surface area contributed by atoms with Crippen molar-refractivity contribution in [3.63, 3.8) is 0 Å². The molecule has 4 nitrogen and oxygen atoms in total. The fourth-order valence-corrected chi connectivity index (χ4v) is 2.04. The molecule has 1 heterocycles. The molecule has 0 saturated heterocycles. The van der Waals surface area contributed by atoms with Gasteiger partial charge in [0, 0.05) is 31.4 Å². The maximum absolute atomic E-state index is 5.83. The summed E-state index contributed by atoms with van der Waals surface area (Å²) in [7, 11) is 3.67. The highest BCUT2D eigenvalue weighted by Crippen LogP contribution is 2.20. The van der Waals surface area contributed by atoms with E-state index >= 15 is 0 Å². The first-order valence-electron chi connectivity index (χ1n) is 6.32. The minimum Gasteiger partial charge on any atom is -0.497 e. The smallest absolute Gasteiger partial charge is 0.119 e. The van der Waals surface area contributed by atoms with Gasteiger partial charge in [-0.25, -0.2) is 0 Å². The van der Waals surface area contributed by atoms with Crippen LogP contribution in [0.15, 0.2) is 42.6 Å². The van der Waals surface area contributed by atoms with Gasteiger partial charge in [-0.1, -0.05) is 0 Å². The average Bonchev–Trinajstić information content (AvgIpc) is 2.87. The molecule has 1 unspecified atom stereocenters. The normalized spacial score (nSPS) is 12.2. The Morgan fingerprint density at radius 2 is 1.84 bits per heavy atom. The fourth-order valence-electron chi connectivity index (χ4n) is 2.04.